The van der Waals surface area contributed by atoms with Crippen LogP contribution in [0.25, 0.3) is 0 Å². The Balaban J connectivity index is 2.07. The average Bonchev–Trinajstić information content (AvgIpc) is 2.83. The number of aliphatic hydroxyl groups excluding tert-OH is 1. The van der Waals surface area contributed by atoms with E-state index < -0.39 is 23.6 Å². The summed E-state index contributed by atoms with van der Waals surface area (Å²) in [6, 6.07) is 13.8. The molecule has 0 saturated carbocycles. The van der Waals surface area contributed by atoms with Crippen LogP contribution >= 0.6 is 28.4 Å². The molecular weight excluding hydrogens is 609 g/mol. The van der Waals surface area contributed by atoms with Crippen LogP contribution in [0, 0.1) is 18.2 Å². The molecule has 0 saturated heterocycles. The monoisotopic (exact) mass is 638 g/mol. The van der Waals surface area contributed by atoms with Crippen LogP contribution in [0.4, 0.5) is 20.6 Å². The predicted octanol–water partition coefficient (Wildman–Crippen LogP) is 6.89. The molecule has 11 heteroatoms. The standard InChI is InChI=1S/C26H29FIN4O4P/c1-15-12-20(30-25(34)36-26(2,3)4)22(31-24(15)35-14-16-8-6-5-7-9-16)23(33)17-10-11-19(27)21(32-37-28)18(17)13-29/h5-13,23,29,32-33,37H,14H2,1-4H3,(H,30,34). The van der Waals surface area contributed by atoms with Crippen LogP contribution in [0.15, 0.2) is 48.5 Å². The lowest BCUT2D eigenvalue weighted by Crippen LogP contribution is -2.28. The van der Waals surface area contributed by atoms with Gasteiger partial charge in [-0.25, -0.2) is 14.2 Å². The number of carbonyl (C=O) groups excluding carboxylic acids is 1. The lowest BCUT2D eigenvalue weighted by Gasteiger charge is -2.23. The Morgan fingerprint density at radius 3 is 2.59 bits per heavy atom. The van der Waals surface area contributed by atoms with Gasteiger partial charge in [-0.2, -0.15) is 0 Å². The summed E-state index contributed by atoms with van der Waals surface area (Å²) in [7, 11) is 0. The van der Waals surface area contributed by atoms with Crippen LogP contribution in [0.1, 0.15) is 54.8 Å². The molecule has 0 aliphatic rings. The van der Waals surface area contributed by atoms with E-state index >= 15 is 0 Å². The van der Waals surface area contributed by atoms with Crippen LogP contribution in [0.5, 0.6) is 5.88 Å². The topological polar surface area (TPSA) is 117 Å². The van der Waals surface area contributed by atoms with E-state index in [4.69, 9.17) is 14.9 Å². The number of ether oxygens (including phenoxy) is 2. The number of nitrogens with one attached hydrogen (secondary N) is 3. The number of hydrogen-bond donors (Lipinski definition) is 4. The summed E-state index contributed by atoms with van der Waals surface area (Å²) in [6.45, 7) is 7.24. The van der Waals surface area contributed by atoms with Gasteiger partial charge in [0.1, 0.15) is 29.8 Å². The maximum Gasteiger partial charge on any atom is 0.412 e. The van der Waals surface area contributed by atoms with Crippen LogP contribution in [-0.4, -0.2) is 28.0 Å². The minimum absolute atomic E-state index is 0.0668. The van der Waals surface area contributed by atoms with E-state index in [0.29, 0.717) is 5.56 Å². The van der Waals surface area contributed by atoms with Crippen molar-refractivity contribution < 1.29 is 23.8 Å². The Bertz CT molecular complexity index is 1270. The smallest absolute Gasteiger partial charge is 0.412 e. The minimum Gasteiger partial charge on any atom is -0.473 e. The van der Waals surface area contributed by atoms with Gasteiger partial charge in [0.25, 0.3) is 0 Å². The third-order valence-electron chi connectivity index (χ3n) is 5.15. The Labute approximate surface area is 230 Å². The molecule has 0 bridgehead atoms. The molecule has 2 aromatic carbocycles. The summed E-state index contributed by atoms with van der Waals surface area (Å²) >= 11 is 2.05. The zero-order chi connectivity index (χ0) is 27.2. The highest BCUT2D eigenvalue weighted by atomic mass is 127. The van der Waals surface area contributed by atoms with Gasteiger partial charge in [-0.3, -0.25) is 5.32 Å². The van der Waals surface area contributed by atoms with E-state index in [2.05, 4.69) is 37.4 Å². The molecule has 0 fully saturated rings. The number of carbonyl (C=O) groups is 1. The molecule has 4 N–H and O–H groups in total. The number of nitrogens with zero attached hydrogens (tertiary/aromatic N) is 1. The molecule has 0 radical (unpaired) electrons. The van der Waals surface area contributed by atoms with Crippen molar-refractivity contribution in [3.63, 3.8) is 0 Å². The first kappa shape index (κ1) is 28.7. The summed E-state index contributed by atoms with van der Waals surface area (Å²) in [5, 5.41) is 24.9. The molecule has 8 nitrogen and oxygen atoms in total. The fraction of sp³-hybridized carbons (Fsp3) is 0.269. The number of hydrogen-bond acceptors (Lipinski definition) is 7. The normalized spacial score (nSPS) is 12.3. The Hall–Kier alpha value is -2.82. The lowest BCUT2D eigenvalue weighted by atomic mass is 9.97. The second-order valence-electron chi connectivity index (χ2n) is 9.14. The molecule has 1 aromatic heterocycles. The summed E-state index contributed by atoms with van der Waals surface area (Å²) in [4.78, 5) is 17.1. The second-order valence-corrected chi connectivity index (χ2v) is 11.2. The van der Waals surface area contributed by atoms with Gasteiger partial charge < -0.3 is 25.1 Å². The first-order chi connectivity index (χ1) is 17.5. The average molecular weight is 638 g/mol. The lowest BCUT2D eigenvalue weighted by molar-refractivity contribution is 0.0635. The highest BCUT2D eigenvalue weighted by molar-refractivity contribution is 14.2. The number of pyridine rings is 1. The Kier molecular flexibility index (Phi) is 9.80. The predicted molar refractivity (Wildman–Crippen MR) is 154 cm³/mol. The van der Waals surface area contributed by atoms with Gasteiger partial charge in [0.05, 0.1) is 11.4 Å². The maximum absolute atomic E-state index is 14.5. The van der Waals surface area contributed by atoms with Gasteiger partial charge in [0.2, 0.25) is 5.88 Å². The first-order valence-corrected chi connectivity index (χ1v) is 15.5. The van der Waals surface area contributed by atoms with E-state index in [9.17, 15) is 14.3 Å². The number of aliphatic hydroxyl groups is 1. The van der Waals surface area contributed by atoms with E-state index in [-0.39, 0.29) is 47.1 Å². The highest BCUT2D eigenvalue weighted by Gasteiger charge is 2.26. The number of anilines is 2. The maximum atomic E-state index is 14.5. The third kappa shape index (κ3) is 7.59. The molecule has 1 heterocycles. The number of halogens is 2. The van der Waals surface area contributed by atoms with E-state index in [0.717, 1.165) is 11.8 Å². The molecule has 2 unspecified atom stereocenters. The quantitative estimate of drug-likeness (QED) is 0.115. The Morgan fingerprint density at radius 2 is 1.97 bits per heavy atom. The van der Waals surface area contributed by atoms with Crippen molar-refractivity contribution in [1.29, 1.82) is 5.41 Å². The van der Waals surface area contributed by atoms with Crippen molar-refractivity contribution in [2.75, 3.05) is 10.4 Å². The number of amides is 1. The number of benzene rings is 2. The molecule has 3 aromatic rings. The van der Waals surface area contributed by atoms with Crippen LogP contribution in [0.2, 0.25) is 0 Å². The van der Waals surface area contributed by atoms with Crippen LogP contribution in [-0.2, 0) is 11.3 Å². The number of rotatable bonds is 9. The van der Waals surface area contributed by atoms with Crippen LogP contribution in [0.3, 0.4) is 0 Å². The first-order valence-electron chi connectivity index (χ1n) is 11.3. The van der Waals surface area contributed by atoms with Gasteiger partial charge in [0.15, 0.2) is 0 Å². The van der Waals surface area contributed by atoms with Crippen molar-refractivity contribution in [3.8, 4) is 5.88 Å². The largest absolute Gasteiger partial charge is 0.473 e. The Morgan fingerprint density at radius 1 is 1.27 bits per heavy atom. The molecule has 37 heavy (non-hydrogen) atoms. The number of aryl methyl sites for hydroxylation is 1. The molecule has 1 amide bonds. The van der Waals surface area contributed by atoms with Crippen LogP contribution < -0.4 is 15.1 Å². The van der Waals surface area contributed by atoms with Gasteiger partial charge in [-0.05, 0) is 73.0 Å². The van der Waals surface area contributed by atoms with Gasteiger partial charge in [-0.15, -0.1) is 0 Å². The van der Waals surface area contributed by atoms with Gasteiger partial charge in [0, 0.05) is 23.7 Å². The zero-order valence-corrected chi connectivity index (χ0v) is 24.0. The minimum atomic E-state index is -1.42. The van der Waals surface area contributed by atoms with Gasteiger partial charge >= 0.3 is 6.09 Å². The summed E-state index contributed by atoms with van der Waals surface area (Å²) in [5.41, 5.74) is 1.61. The summed E-state index contributed by atoms with van der Waals surface area (Å²) in [6.07, 6.45) is -1.02. The van der Waals surface area contributed by atoms with E-state index in [1.54, 1.807) is 33.8 Å². The summed E-state index contributed by atoms with van der Waals surface area (Å²) < 4.78 is 25.8. The highest BCUT2D eigenvalue weighted by Crippen LogP contribution is 2.37. The molecule has 2 atom stereocenters. The van der Waals surface area contributed by atoms with E-state index in [1.807, 2.05) is 30.3 Å². The molecule has 196 valence electrons. The van der Waals surface area contributed by atoms with Crippen molar-refractivity contribution in [2.45, 2.75) is 46.0 Å². The molecule has 0 aliphatic heterocycles. The third-order valence-corrected chi connectivity index (χ3v) is 6.30. The van der Waals surface area contributed by atoms with Crippen molar-refractivity contribution in [1.82, 2.24) is 4.98 Å². The molecular formula is C26H29FIN4O4P. The molecule has 0 aliphatic carbocycles. The van der Waals surface area contributed by atoms with Crippen molar-refractivity contribution in [2.24, 2.45) is 0 Å². The molecule has 0 spiro atoms. The molecule has 3 rings (SSSR count). The van der Waals surface area contributed by atoms with E-state index in [1.165, 1.54) is 12.1 Å². The second kappa shape index (κ2) is 12.6. The van der Waals surface area contributed by atoms with Crippen molar-refractivity contribution >= 4 is 52.1 Å². The zero-order valence-electron chi connectivity index (χ0n) is 20.9. The van der Waals surface area contributed by atoms with Gasteiger partial charge in [-0.1, -0.05) is 36.4 Å². The number of aromatic nitrogens is 1. The SMILES string of the molecule is Cc1cc(NC(=O)OC(C)(C)C)c(C(O)c2ccc(F)c(NPI)c2C=N)nc1OCc1ccccc1. The summed E-state index contributed by atoms with van der Waals surface area (Å²) in [5.74, 6) is -0.285. The fourth-order valence-electron chi connectivity index (χ4n) is 3.53. The van der Waals surface area contributed by atoms with Crippen molar-refractivity contribution in [3.05, 3.63) is 82.3 Å². The fourth-order valence-corrected chi connectivity index (χ4v) is 4.69.